The van der Waals surface area contributed by atoms with E-state index in [0.717, 1.165) is 61.7 Å². The van der Waals surface area contributed by atoms with Gasteiger partial charge in [-0.1, -0.05) is 49.7 Å². The van der Waals surface area contributed by atoms with Gasteiger partial charge in [0.15, 0.2) is 18.4 Å². The number of carbonyl (C=O) groups is 2. The van der Waals surface area contributed by atoms with Crippen LogP contribution in [0.4, 0.5) is 5.69 Å². The van der Waals surface area contributed by atoms with E-state index in [9.17, 15) is 19.8 Å². The Kier molecular flexibility index (Phi) is 11.2. The molecule has 0 spiro atoms. The number of carbonyl (C=O) groups excluding carboxylic acids is 2. The van der Waals surface area contributed by atoms with E-state index in [-0.39, 0.29) is 30.1 Å². The van der Waals surface area contributed by atoms with Crippen molar-refractivity contribution in [2.45, 2.75) is 101 Å². The van der Waals surface area contributed by atoms with Crippen molar-refractivity contribution in [3.05, 3.63) is 64.8 Å². The first-order valence-corrected chi connectivity index (χ1v) is 20.4. The quantitative estimate of drug-likeness (QED) is 0.173. The monoisotopic (exact) mass is 768 g/mol. The van der Waals surface area contributed by atoms with E-state index in [0.29, 0.717) is 22.2 Å². The second-order valence-electron chi connectivity index (χ2n) is 16.0. The van der Waals surface area contributed by atoms with Crippen LogP contribution < -0.4 is 10.4 Å². The Bertz CT molecular complexity index is 1690. The van der Waals surface area contributed by atoms with Gasteiger partial charge in [0.05, 0.1) is 15.7 Å². The van der Waals surface area contributed by atoms with Gasteiger partial charge >= 0.3 is 11.9 Å². The third-order valence-electron chi connectivity index (χ3n) is 12.6. The molecular weight excluding hydrogens is 716 g/mol. The average molecular weight is 769 g/mol. The predicted octanol–water partition coefficient (Wildman–Crippen LogP) is 5.33. The van der Waals surface area contributed by atoms with Crippen LogP contribution in [0.3, 0.4) is 0 Å². The van der Waals surface area contributed by atoms with E-state index in [1.807, 2.05) is 43.9 Å². The van der Waals surface area contributed by atoms with Crippen molar-refractivity contribution >= 4 is 41.0 Å². The Labute approximate surface area is 321 Å². The minimum atomic E-state index is -1.56. The highest BCUT2D eigenvalue weighted by atomic mass is 35.5. The molecule has 5 aliphatic rings. The maximum Gasteiger partial charge on any atom is 0.323 e. The number of para-hydroxylation sites is 1. The number of nitrogens with zero attached hydrogens (tertiary/aromatic N) is 3. The molecule has 1 unspecified atom stereocenters. The first-order valence-electron chi connectivity index (χ1n) is 19.0. The van der Waals surface area contributed by atoms with E-state index < -0.39 is 47.6 Å². The highest BCUT2D eigenvalue weighted by molar-refractivity contribution is 7.99. The number of nitrogens with one attached hydrogen (secondary N) is 1. The highest BCUT2D eigenvalue weighted by Crippen LogP contribution is 2.53. The predicted molar refractivity (Wildman–Crippen MR) is 203 cm³/mol. The first kappa shape index (κ1) is 38.6. The van der Waals surface area contributed by atoms with Gasteiger partial charge in [0.1, 0.15) is 17.2 Å². The standard InChI is InChI=1S/C40H53ClN4O7S/c1-23-19-30-28(24(2)21-45-17-14-27(15-18-45)22-53-33-11-6-7-16-42-33)13-12-25(3)40(30,49)36(35(23)50-26(4)46)51-37(47)32-20-39(48)29-9-8-10-31(41)34(29)44(5)52-38(39)43-32/h6-11,16,19,24-25,27-28,30,32,35-36,38,43,48-49H,12-15,17-18,20-22H2,1-5H3/t24?,25-,28+,30-,32+,35-,36+,38-,39-,40-/m1/s1. The number of aliphatic hydroxyl groups is 2. The van der Waals surface area contributed by atoms with Gasteiger partial charge in [-0.2, -0.15) is 0 Å². The molecule has 0 bridgehead atoms. The van der Waals surface area contributed by atoms with Crippen LogP contribution in [-0.2, 0) is 29.5 Å². The largest absolute Gasteiger partial charge is 0.454 e. The van der Waals surface area contributed by atoms with Crippen LogP contribution in [0.15, 0.2) is 59.3 Å². The molecule has 0 radical (unpaired) electrons. The molecule has 3 N–H and O–H groups in total. The number of piperidine rings is 1. The number of hydroxylamine groups is 1. The second kappa shape index (κ2) is 15.4. The molecule has 3 aliphatic heterocycles. The van der Waals surface area contributed by atoms with Crippen LogP contribution in [-0.4, -0.2) is 94.5 Å². The van der Waals surface area contributed by atoms with Crippen molar-refractivity contribution in [2.24, 2.45) is 29.6 Å². The number of hydrogen-bond acceptors (Lipinski definition) is 12. The number of ether oxygens (including phenoxy) is 2. The lowest BCUT2D eigenvalue weighted by Gasteiger charge is -2.56. The maximum absolute atomic E-state index is 14.2. The molecule has 4 heterocycles. The number of pyridine rings is 1. The molecule has 11 nitrogen and oxygen atoms in total. The van der Waals surface area contributed by atoms with Gasteiger partial charge in [-0.15, -0.1) is 11.8 Å². The fourth-order valence-electron chi connectivity index (χ4n) is 9.67. The van der Waals surface area contributed by atoms with Crippen molar-refractivity contribution in [1.82, 2.24) is 15.2 Å². The molecule has 10 atom stereocenters. The van der Waals surface area contributed by atoms with Crippen molar-refractivity contribution in [3.63, 3.8) is 0 Å². The molecule has 1 saturated carbocycles. The Hall–Kier alpha value is -2.71. The summed E-state index contributed by atoms with van der Waals surface area (Å²) in [4.78, 5) is 39.6. The number of esters is 2. The van der Waals surface area contributed by atoms with E-state index >= 15 is 0 Å². The third-order valence-corrected chi connectivity index (χ3v) is 14.1. The SMILES string of the molecule is CC(=O)O[C@@H]1C(C)=C[C@@H]2[C@H](C(C)CN3CCC(CSc4ccccn4)CC3)CC[C@@H](C)[C@]2(O)[C@H]1OC(=O)[C@@H]1C[C@@]2(O)c3cccc(Cl)c3N(C)O[C@H]2N1. The summed E-state index contributed by atoms with van der Waals surface area (Å²) in [5.74, 6) is 0.395. The third kappa shape index (κ3) is 7.37. The maximum atomic E-state index is 14.2. The minimum Gasteiger partial charge on any atom is -0.454 e. The van der Waals surface area contributed by atoms with Crippen molar-refractivity contribution in [1.29, 1.82) is 0 Å². The van der Waals surface area contributed by atoms with Gasteiger partial charge in [0.2, 0.25) is 0 Å². The molecule has 2 saturated heterocycles. The Morgan fingerprint density at radius 1 is 1.13 bits per heavy atom. The van der Waals surface area contributed by atoms with E-state index in [1.54, 1.807) is 25.2 Å². The zero-order valence-corrected chi connectivity index (χ0v) is 32.8. The molecular formula is C40H53ClN4O7S. The van der Waals surface area contributed by atoms with Crippen LogP contribution in [0.25, 0.3) is 0 Å². The average Bonchev–Trinajstić information content (AvgIpc) is 3.48. The number of halogens is 1. The summed E-state index contributed by atoms with van der Waals surface area (Å²) in [6.45, 7) is 10.5. The van der Waals surface area contributed by atoms with Gasteiger partial charge in [-0.05, 0) is 93.1 Å². The molecule has 0 amide bonds. The van der Waals surface area contributed by atoms with E-state index in [2.05, 4.69) is 34.3 Å². The second-order valence-corrected chi connectivity index (χ2v) is 17.5. The van der Waals surface area contributed by atoms with Crippen molar-refractivity contribution < 1.29 is 34.1 Å². The molecule has 1 aromatic carbocycles. The number of likely N-dealkylation sites (tertiary alicyclic amines) is 1. The number of thioether (sulfide) groups is 1. The number of fused-ring (bicyclic) bond motifs is 4. The lowest BCUT2D eigenvalue weighted by Crippen LogP contribution is -2.66. The van der Waals surface area contributed by atoms with Gasteiger partial charge in [0.25, 0.3) is 0 Å². The number of aromatic nitrogens is 1. The summed E-state index contributed by atoms with van der Waals surface area (Å²) in [5, 5.41) is 31.0. The zero-order chi connectivity index (χ0) is 37.7. The number of benzene rings is 1. The van der Waals surface area contributed by atoms with Crippen LogP contribution in [0.5, 0.6) is 0 Å². The van der Waals surface area contributed by atoms with Crippen LogP contribution >= 0.6 is 23.4 Å². The molecule has 1 aromatic heterocycles. The fourth-order valence-corrected chi connectivity index (χ4v) is 11.0. The molecule has 7 rings (SSSR count). The summed E-state index contributed by atoms with van der Waals surface area (Å²) < 4.78 is 12.2. The molecule has 2 aliphatic carbocycles. The Morgan fingerprint density at radius 2 is 1.91 bits per heavy atom. The minimum absolute atomic E-state index is 0.0347. The number of anilines is 1. The van der Waals surface area contributed by atoms with Crippen LogP contribution in [0, 0.1) is 29.6 Å². The topological polar surface area (TPSA) is 134 Å². The lowest BCUT2D eigenvalue weighted by molar-refractivity contribution is -0.225. The summed E-state index contributed by atoms with van der Waals surface area (Å²) in [5.41, 5.74) is -1.21. The molecule has 288 valence electrons. The summed E-state index contributed by atoms with van der Waals surface area (Å²) >= 11 is 8.32. The summed E-state index contributed by atoms with van der Waals surface area (Å²) in [7, 11) is 1.70. The summed E-state index contributed by atoms with van der Waals surface area (Å²) in [6, 6.07) is 10.3. The molecule has 13 heteroatoms. The van der Waals surface area contributed by atoms with Crippen LogP contribution in [0.1, 0.15) is 65.4 Å². The number of rotatable bonds is 9. The lowest BCUT2D eigenvalue weighted by atomic mass is 9.55. The fraction of sp³-hybridized carbons (Fsp3) is 0.625. The van der Waals surface area contributed by atoms with E-state index in [4.69, 9.17) is 25.9 Å². The first-order chi connectivity index (χ1) is 25.3. The zero-order valence-electron chi connectivity index (χ0n) is 31.2. The smallest absolute Gasteiger partial charge is 0.323 e. The van der Waals surface area contributed by atoms with Gasteiger partial charge < -0.3 is 24.6 Å². The molecule has 53 heavy (non-hydrogen) atoms. The van der Waals surface area contributed by atoms with E-state index in [1.165, 1.54) is 12.0 Å². The summed E-state index contributed by atoms with van der Waals surface area (Å²) in [6.07, 6.45) is 4.82. The Morgan fingerprint density at radius 3 is 2.62 bits per heavy atom. The molecule has 2 aromatic rings. The van der Waals surface area contributed by atoms with Crippen molar-refractivity contribution in [3.8, 4) is 0 Å². The van der Waals surface area contributed by atoms with Crippen molar-refractivity contribution in [2.75, 3.05) is 37.5 Å². The molecule has 3 fully saturated rings. The van der Waals surface area contributed by atoms with Gasteiger partial charge in [0, 0.05) is 50.4 Å². The van der Waals surface area contributed by atoms with Crippen LogP contribution in [0.2, 0.25) is 5.02 Å². The van der Waals surface area contributed by atoms with Gasteiger partial charge in [-0.25, -0.2) is 4.98 Å². The number of hydrogen-bond donors (Lipinski definition) is 3. The normalized spacial score (nSPS) is 35.1. The highest BCUT2D eigenvalue weighted by Gasteiger charge is 2.62. The van der Waals surface area contributed by atoms with Gasteiger partial charge in [-0.3, -0.25) is 24.8 Å². The Balaban J connectivity index is 1.06.